The van der Waals surface area contributed by atoms with Crippen molar-refractivity contribution < 1.29 is 14.3 Å². The second kappa shape index (κ2) is 11.3. The number of carbonyl (C=O) groups excluding carboxylic acids is 1. The molecule has 0 aliphatic heterocycles. The first kappa shape index (κ1) is 23.4. The fourth-order valence-electron chi connectivity index (χ4n) is 3.80. The number of hydrogen-bond donors (Lipinski definition) is 2. The molecule has 2 N–H and O–H groups in total. The third-order valence-electron chi connectivity index (χ3n) is 5.66. The average molecular weight is 433 g/mol. The molecule has 0 heterocycles. The minimum Gasteiger partial charge on any atom is -0.493 e. The van der Waals surface area contributed by atoms with E-state index in [1.165, 1.54) is 11.1 Å². The standard InChI is InChI=1S/C27H32N2O3/c1-19-10-12-20(13-11-19)14-16-23(22-15-17-24(31-3)25(18-22)32-4)29-26(27(30)28-2)21-8-6-5-7-9-21/h5-13,15,17-18,23,26,29H,14,16H2,1-4H3,(H,28,30)/t23-,26+/m1/s1. The van der Waals surface area contributed by atoms with Crippen molar-refractivity contribution in [3.63, 3.8) is 0 Å². The zero-order valence-electron chi connectivity index (χ0n) is 19.2. The molecule has 0 radical (unpaired) electrons. The first-order valence-electron chi connectivity index (χ1n) is 10.9. The summed E-state index contributed by atoms with van der Waals surface area (Å²) in [6.07, 6.45) is 1.69. The Bertz CT molecular complexity index is 1000. The molecular formula is C27H32N2O3. The lowest BCUT2D eigenvalue weighted by atomic mass is 9.95. The van der Waals surface area contributed by atoms with E-state index in [0.29, 0.717) is 11.5 Å². The number of aryl methyl sites for hydroxylation is 2. The van der Waals surface area contributed by atoms with Gasteiger partial charge in [-0.05, 0) is 48.6 Å². The van der Waals surface area contributed by atoms with Crippen molar-refractivity contribution in [3.8, 4) is 11.5 Å². The molecule has 0 unspecified atom stereocenters. The van der Waals surface area contributed by atoms with Gasteiger partial charge < -0.3 is 14.8 Å². The number of nitrogens with one attached hydrogen (secondary N) is 2. The number of ether oxygens (including phenoxy) is 2. The minimum atomic E-state index is -0.475. The van der Waals surface area contributed by atoms with Crippen molar-refractivity contribution in [2.24, 2.45) is 0 Å². The van der Waals surface area contributed by atoms with Crippen LogP contribution in [0.4, 0.5) is 0 Å². The van der Waals surface area contributed by atoms with Crippen molar-refractivity contribution in [2.45, 2.75) is 31.8 Å². The maximum Gasteiger partial charge on any atom is 0.241 e. The summed E-state index contributed by atoms with van der Waals surface area (Å²) in [5.41, 5.74) is 4.47. The molecular weight excluding hydrogens is 400 g/mol. The summed E-state index contributed by atoms with van der Waals surface area (Å²) in [4.78, 5) is 12.8. The SMILES string of the molecule is CNC(=O)[C@@H](N[C@H](CCc1ccc(C)cc1)c1ccc(OC)c(OC)c1)c1ccccc1. The highest BCUT2D eigenvalue weighted by molar-refractivity contribution is 5.83. The van der Waals surface area contributed by atoms with Gasteiger partial charge in [-0.25, -0.2) is 0 Å². The topological polar surface area (TPSA) is 59.6 Å². The molecule has 0 bridgehead atoms. The summed E-state index contributed by atoms with van der Waals surface area (Å²) >= 11 is 0. The molecule has 3 aromatic carbocycles. The molecule has 1 amide bonds. The van der Waals surface area contributed by atoms with Gasteiger partial charge in [0, 0.05) is 13.1 Å². The van der Waals surface area contributed by atoms with E-state index in [1.54, 1.807) is 21.3 Å². The number of benzene rings is 3. The van der Waals surface area contributed by atoms with Crippen molar-refractivity contribution in [1.82, 2.24) is 10.6 Å². The van der Waals surface area contributed by atoms with Crippen LogP contribution in [0.25, 0.3) is 0 Å². The van der Waals surface area contributed by atoms with Crippen LogP contribution in [0.2, 0.25) is 0 Å². The van der Waals surface area contributed by atoms with Gasteiger partial charge in [-0.15, -0.1) is 0 Å². The fourth-order valence-corrected chi connectivity index (χ4v) is 3.80. The zero-order chi connectivity index (χ0) is 22.9. The van der Waals surface area contributed by atoms with Crippen LogP contribution in [0.15, 0.2) is 72.8 Å². The van der Waals surface area contributed by atoms with Crippen molar-refractivity contribution in [3.05, 3.63) is 95.1 Å². The van der Waals surface area contributed by atoms with E-state index >= 15 is 0 Å². The predicted molar refractivity (Wildman–Crippen MR) is 128 cm³/mol. The van der Waals surface area contributed by atoms with Crippen LogP contribution in [0, 0.1) is 6.92 Å². The summed E-state index contributed by atoms with van der Waals surface area (Å²) in [6, 6.07) is 23.7. The van der Waals surface area contributed by atoms with Gasteiger partial charge in [-0.1, -0.05) is 66.2 Å². The maximum absolute atomic E-state index is 12.8. The fraction of sp³-hybridized carbons (Fsp3) is 0.296. The van der Waals surface area contributed by atoms with Crippen LogP contribution >= 0.6 is 0 Å². The van der Waals surface area contributed by atoms with Gasteiger partial charge in [-0.2, -0.15) is 0 Å². The smallest absolute Gasteiger partial charge is 0.241 e. The Morgan fingerprint density at radius 3 is 2.19 bits per heavy atom. The highest BCUT2D eigenvalue weighted by Gasteiger charge is 2.24. The Morgan fingerprint density at radius 1 is 0.875 bits per heavy atom. The quantitative estimate of drug-likeness (QED) is 0.485. The van der Waals surface area contributed by atoms with Crippen molar-refractivity contribution >= 4 is 5.91 Å². The second-order valence-corrected chi connectivity index (χ2v) is 7.82. The van der Waals surface area contributed by atoms with Gasteiger partial charge in [0.1, 0.15) is 6.04 Å². The minimum absolute atomic E-state index is 0.0707. The van der Waals surface area contributed by atoms with Gasteiger partial charge in [-0.3, -0.25) is 10.1 Å². The summed E-state index contributed by atoms with van der Waals surface area (Å²) in [6.45, 7) is 2.09. The third kappa shape index (κ3) is 5.89. The van der Waals surface area contributed by atoms with Crippen LogP contribution < -0.4 is 20.1 Å². The summed E-state index contributed by atoms with van der Waals surface area (Å²) in [5, 5.41) is 6.39. The molecule has 5 heteroatoms. The molecule has 0 aliphatic rings. The molecule has 3 rings (SSSR count). The summed E-state index contributed by atoms with van der Waals surface area (Å²) < 4.78 is 10.9. The number of likely N-dealkylation sites (N-methyl/N-ethyl adjacent to an activating group) is 1. The monoisotopic (exact) mass is 432 g/mol. The molecule has 32 heavy (non-hydrogen) atoms. The van der Waals surface area contributed by atoms with Gasteiger partial charge in [0.2, 0.25) is 5.91 Å². The average Bonchev–Trinajstić information content (AvgIpc) is 2.85. The number of rotatable bonds is 10. The molecule has 0 saturated heterocycles. The van der Waals surface area contributed by atoms with Crippen molar-refractivity contribution in [2.75, 3.05) is 21.3 Å². The van der Waals surface area contributed by atoms with E-state index in [1.807, 2.05) is 48.5 Å². The number of amides is 1. The first-order valence-corrected chi connectivity index (χ1v) is 10.9. The molecule has 0 saturated carbocycles. The van der Waals surface area contributed by atoms with Gasteiger partial charge in [0.25, 0.3) is 0 Å². The predicted octanol–water partition coefficient (Wildman–Crippen LogP) is 4.76. The Hall–Kier alpha value is -3.31. The second-order valence-electron chi connectivity index (χ2n) is 7.82. The summed E-state index contributed by atoms with van der Waals surface area (Å²) in [5.74, 6) is 1.28. The van der Waals surface area contributed by atoms with Gasteiger partial charge in [0.05, 0.1) is 14.2 Å². The highest BCUT2D eigenvalue weighted by Crippen LogP contribution is 2.32. The normalized spacial score (nSPS) is 12.6. The molecule has 168 valence electrons. The van der Waals surface area contributed by atoms with Crippen molar-refractivity contribution in [1.29, 1.82) is 0 Å². The zero-order valence-corrected chi connectivity index (χ0v) is 19.2. The van der Waals surface area contributed by atoms with Crippen LogP contribution in [-0.4, -0.2) is 27.2 Å². The third-order valence-corrected chi connectivity index (χ3v) is 5.66. The molecule has 3 aromatic rings. The largest absolute Gasteiger partial charge is 0.493 e. The Kier molecular flexibility index (Phi) is 8.28. The number of methoxy groups -OCH3 is 2. The van der Waals surface area contributed by atoms with Gasteiger partial charge in [0.15, 0.2) is 11.5 Å². The van der Waals surface area contributed by atoms with E-state index in [-0.39, 0.29) is 11.9 Å². The van der Waals surface area contributed by atoms with E-state index in [9.17, 15) is 4.79 Å². The summed E-state index contributed by atoms with van der Waals surface area (Å²) in [7, 11) is 4.92. The van der Waals surface area contributed by atoms with Crippen LogP contribution in [-0.2, 0) is 11.2 Å². The van der Waals surface area contributed by atoms with Gasteiger partial charge >= 0.3 is 0 Å². The van der Waals surface area contributed by atoms with E-state index < -0.39 is 6.04 Å². The van der Waals surface area contributed by atoms with E-state index in [4.69, 9.17) is 9.47 Å². The Morgan fingerprint density at radius 2 is 1.56 bits per heavy atom. The molecule has 5 nitrogen and oxygen atoms in total. The number of carbonyl (C=O) groups is 1. The van der Waals surface area contributed by atoms with E-state index in [2.05, 4.69) is 41.8 Å². The van der Waals surface area contributed by atoms with Crippen LogP contribution in [0.1, 0.15) is 40.8 Å². The lowest BCUT2D eigenvalue weighted by molar-refractivity contribution is -0.123. The molecule has 2 atom stereocenters. The van der Waals surface area contributed by atoms with E-state index in [0.717, 1.165) is 24.0 Å². The van der Waals surface area contributed by atoms with Crippen LogP contribution in [0.5, 0.6) is 11.5 Å². The molecule has 0 fully saturated rings. The maximum atomic E-state index is 12.8. The highest BCUT2D eigenvalue weighted by atomic mass is 16.5. The molecule has 0 aromatic heterocycles. The Balaban J connectivity index is 1.93. The lowest BCUT2D eigenvalue weighted by Gasteiger charge is -2.26. The Labute approximate surface area is 190 Å². The number of hydrogen-bond acceptors (Lipinski definition) is 4. The van der Waals surface area contributed by atoms with Crippen LogP contribution in [0.3, 0.4) is 0 Å². The lowest BCUT2D eigenvalue weighted by Crippen LogP contribution is -2.38. The molecule has 0 spiro atoms. The molecule has 0 aliphatic carbocycles. The first-order chi connectivity index (χ1) is 15.5.